The predicted molar refractivity (Wildman–Crippen MR) is 109 cm³/mol. The van der Waals surface area contributed by atoms with E-state index in [0.29, 0.717) is 30.6 Å². The molecule has 1 aromatic carbocycles. The number of imidazole rings is 1. The lowest BCUT2D eigenvalue weighted by molar-refractivity contribution is 0.0772. The molecule has 1 fully saturated rings. The number of rotatable bonds is 4. The fourth-order valence-electron chi connectivity index (χ4n) is 3.96. The van der Waals surface area contributed by atoms with Crippen molar-refractivity contribution in [2.75, 3.05) is 13.1 Å². The zero-order valence-corrected chi connectivity index (χ0v) is 16.4. The van der Waals surface area contributed by atoms with Gasteiger partial charge in [-0.1, -0.05) is 41.6 Å². The number of hydrogen-bond acceptors (Lipinski definition) is 6. The third-order valence-electron chi connectivity index (χ3n) is 5.52. The first-order chi connectivity index (χ1) is 14.7. The van der Waals surface area contributed by atoms with Crippen molar-refractivity contribution in [2.45, 2.75) is 11.8 Å². The van der Waals surface area contributed by atoms with E-state index in [4.69, 9.17) is 4.52 Å². The summed E-state index contributed by atoms with van der Waals surface area (Å²) in [5.41, 5.74) is 1.93. The molecule has 4 heterocycles. The number of likely N-dealkylation sites (tertiary alicyclic amines) is 1. The number of nitrogens with zero attached hydrogens (tertiary/aromatic N) is 6. The van der Waals surface area contributed by atoms with Crippen LogP contribution in [0, 0.1) is 0 Å². The highest BCUT2D eigenvalue weighted by Crippen LogP contribution is 2.39. The van der Waals surface area contributed by atoms with Crippen molar-refractivity contribution in [1.82, 2.24) is 29.6 Å². The molecule has 8 nitrogen and oxygen atoms in total. The van der Waals surface area contributed by atoms with Gasteiger partial charge in [0.15, 0.2) is 5.82 Å². The molecule has 30 heavy (non-hydrogen) atoms. The van der Waals surface area contributed by atoms with Crippen molar-refractivity contribution in [3.8, 4) is 11.4 Å². The Morgan fingerprint density at radius 3 is 2.63 bits per heavy atom. The van der Waals surface area contributed by atoms with Crippen LogP contribution < -0.4 is 0 Å². The average Bonchev–Trinajstić information content (AvgIpc) is 3.53. The Morgan fingerprint density at radius 1 is 1.07 bits per heavy atom. The molecule has 0 N–H and O–H groups in total. The van der Waals surface area contributed by atoms with Crippen LogP contribution in [0.4, 0.5) is 0 Å². The normalized spacial score (nSPS) is 18.6. The molecule has 2 unspecified atom stereocenters. The fourth-order valence-corrected chi connectivity index (χ4v) is 3.96. The number of hydrogen-bond donors (Lipinski definition) is 0. The standard InChI is InChI=1S/C22H20N6O2/c1-27-11-10-24-20(27)22(29)28-13-17(16-8-5-9-23-12-16)18(14-28)21-25-19(26-30-21)15-6-3-2-4-7-15/h2-12,17-18H,13-14H2,1H3. The first-order valence-electron chi connectivity index (χ1n) is 9.76. The highest BCUT2D eigenvalue weighted by atomic mass is 16.5. The summed E-state index contributed by atoms with van der Waals surface area (Å²) >= 11 is 0. The summed E-state index contributed by atoms with van der Waals surface area (Å²) in [7, 11) is 1.82. The van der Waals surface area contributed by atoms with Gasteiger partial charge in [0.25, 0.3) is 5.91 Å². The van der Waals surface area contributed by atoms with Crippen LogP contribution in [-0.4, -0.2) is 48.6 Å². The molecule has 150 valence electrons. The van der Waals surface area contributed by atoms with E-state index in [2.05, 4.69) is 20.1 Å². The van der Waals surface area contributed by atoms with Crippen LogP contribution >= 0.6 is 0 Å². The highest BCUT2D eigenvalue weighted by molar-refractivity contribution is 5.91. The largest absolute Gasteiger partial charge is 0.339 e. The molecule has 1 saturated heterocycles. The van der Waals surface area contributed by atoms with Crippen LogP contribution in [0.25, 0.3) is 11.4 Å². The number of aryl methyl sites for hydroxylation is 1. The van der Waals surface area contributed by atoms with Crippen LogP contribution in [0.1, 0.15) is 33.9 Å². The van der Waals surface area contributed by atoms with Gasteiger partial charge < -0.3 is 14.0 Å². The molecule has 2 atom stereocenters. The number of pyridine rings is 1. The monoisotopic (exact) mass is 400 g/mol. The number of carbonyl (C=O) groups is 1. The second kappa shape index (κ2) is 7.55. The van der Waals surface area contributed by atoms with Gasteiger partial charge in [0, 0.05) is 56.4 Å². The second-order valence-corrected chi connectivity index (χ2v) is 7.39. The van der Waals surface area contributed by atoms with E-state index in [9.17, 15) is 4.79 Å². The van der Waals surface area contributed by atoms with E-state index >= 15 is 0 Å². The molecule has 3 aromatic heterocycles. The molecule has 0 radical (unpaired) electrons. The minimum Gasteiger partial charge on any atom is -0.339 e. The maximum absolute atomic E-state index is 13.1. The van der Waals surface area contributed by atoms with Crippen molar-refractivity contribution < 1.29 is 9.32 Å². The first kappa shape index (κ1) is 18.2. The van der Waals surface area contributed by atoms with Gasteiger partial charge in [-0.15, -0.1) is 0 Å². The van der Waals surface area contributed by atoms with Crippen molar-refractivity contribution in [1.29, 1.82) is 0 Å². The van der Waals surface area contributed by atoms with E-state index < -0.39 is 0 Å². The van der Waals surface area contributed by atoms with Crippen LogP contribution in [-0.2, 0) is 7.05 Å². The topological polar surface area (TPSA) is 89.9 Å². The molecule has 0 bridgehead atoms. The van der Waals surface area contributed by atoms with Crippen molar-refractivity contribution in [3.63, 3.8) is 0 Å². The Labute approximate surface area is 173 Å². The molecular formula is C22H20N6O2. The number of carbonyl (C=O) groups excluding carboxylic acids is 1. The molecule has 1 aliphatic rings. The van der Waals surface area contributed by atoms with E-state index in [-0.39, 0.29) is 17.7 Å². The third-order valence-corrected chi connectivity index (χ3v) is 5.52. The Bertz CT molecular complexity index is 1150. The Morgan fingerprint density at radius 2 is 1.90 bits per heavy atom. The molecule has 0 aliphatic carbocycles. The maximum Gasteiger partial charge on any atom is 0.289 e. The highest BCUT2D eigenvalue weighted by Gasteiger charge is 2.41. The maximum atomic E-state index is 13.1. The van der Waals surface area contributed by atoms with Crippen molar-refractivity contribution in [2.24, 2.45) is 7.05 Å². The quantitative estimate of drug-likeness (QED) is 0.523. The molecule has 1 amide bonds. The average molecular weight is 400 g/mol. The molecule has 0 saturated carbocycles. The SMILES string of the molecule is Cn1ccnc1C(=O)N1CC(c2cccnc2)C(c2nc(-c3ccccc3)no2)C1. The third kappa shape index (κ3) is 3.26. The lowest BCUT2D eigenvalue weighted by Crippen LogP contribution is -2.31. The Balaban J connectivity index is 1.48. The van der Waals surface area contributed by atoms with E-state index in [1.807, 2.05) is 55.7 Å². The van der Waals surface area contributed by atoms with Gasteiger partial charge in [0.2, 0.25) is 11.7 Å². The minimum absolute atomic E-state index is 0.00647. The summed E-state index contributed by atoms with van der Waals surface area (Å²) in [6.07, 6.45) is 6.97. The van der Waals surface area contributed by atoms with Gasteiger partial charge in [-0.3, -0.25) is 9.78 Å². The van der Waals surface area contributed by atoms with Crippen molar-refractivity contribution in [3.05, 3.63) is 84.5 Å². The van der Waals surface area contributed by atoms with Gasteiger partial charge in [0.1, 0.15) is 0 Å². The van der Waals surface area contributed by atoms with Gasteiger partial charge in [-0.05, 0) is 11.6 Å². The predicted octanol–water partition coefficient (Wildman–Crippen LogP) is 2.89. The van der Waals surface area contributed by atoms with Crippen LogP contribution in [0.5, 0.6) is 0 Å². The Kier molecular flexibility index (Phi) is 4.59. The van der Waals surface area contributed by atoms with Crippen LogP contribution in [0.15, 0.2) is 71.8 Å². The molecular weight excluding hydrogens is 380 g/mol. The summed E-state index contributed by atoms with van der Waals surface area (Å²) < 4.78 is 7.39. The van der Waals surface area contributed by atoms with E-state index in [0.717, 1.165) is 11.1 Å². The second-order valence-electron chi connectivity index (χ2n) is 7.39. The number of aromatic nitrogens is 5. The molecule has 8 heteroatoms. The molecule has 1 aliphatic heterocycles. The Hall–Kier alpha value is -3.81. The summed E-state index contributed by atoms with van der Waals surface area (Å²) in [6.45, 7) is 1.01. The van der Waals surface area contributed by atoms with Gasteiger partial charge in [-0.25, -0.2) is 4.98 Å². The number of amides is 1. The van der Waals surface area contributed by atoms with Crippen molar-refractivity contribution >= 4 is 5.91 Å². The number of benzene rings is 1. The summed E-state index contributed by atoms with van der Waals surface area (Å²) in [6, 6.07) is 13.6. The zero-order valence-electron chi connectivity index (χ0n) is 16.4. The smallest absolute Gasteiger partial charge is 0.289 e. The molecule has 0 spiro atoms. The first-order valence-corrected chi connectivity index (χ1v) is 9.76. The van der Waals surface area contributed by atoms with Gasteiger partial charge >= 0.3 is 0 Å². The van der Waals surface area contributed by atoms with Crippen LogP contribution in [0.2, 0.25) is 0 Å². The molecule has 4 aromatic rings. The summed E-state index contributed by atoms with van der Waals surface area (Å²) in [4.78, 5) is 28.0. The van der Waals surface area contributed by atoms with Gasteiger partial charge in [0.05, 0.1) is 5.92 Å². The van der Waals surface area contributed by atoms with Gasteiger partial charge in [-0.2, -0.15) is 4.98 Å². The van der Waals surface area contributed by atoms with E-state index in [1.54, 1.807) is 28.1 Å². The van der Waals surface area contributed by atoms with E-state index in [1.165, 1.54) is 0 Å². The summed E-state index contributed by atoms with van der Waals surface area (Å²) in [5, 5.41) is 4.17. The lowest BCUT2D eigenvalue weighted by Gasteiger charge is -2.16. The molecule has 5 rings (SSSR count). The lowest BCUT2D eigenvalue weighted by atomic mass is 9.90. The zero-order chi connectivity index (χ0) is 20.5. The fraction of sp³-hybridized carbons (Fsp3) is 0.227. The minimum atomic E-state index is -0.122. The summed E-state index contributed by atoms with van der Waals surface area (Å²) in [5.74, 6) is 1.26. The van der Waals surface area contributed by atoms with Crippen LogP contribution in [0.3, 0.4) is 0 Å².